The molecule has 3 heteroatoms. The number of benzene rings is 1. The van der Waals surface area contributed by atoms with Gasteiger partial charge in [-0.25, -0.2) is 0 Å². The fraction of sp³-hybridized carbons (Fsp3) is 0.500. The highest BCUT2D eigenvalue weighted by Gasteiger charge is 2.02. The molecule has 1 N–H and O–H groups in total. The Morgan fingerprint density at radius 1 is 1.35 bits per heavy atom. The van der Waals surface area contributed by atoms with Gasteiger partial charge in [-0.05, 0) is 24.5 Å². The summed E-state index contributed by atoms with van der Waals surface area (Å²) in [7, 11) is 0. The molecule has 94 valence electrons. The molecular weight excluding hydrogens is 230 g/mol. The van der Waals surface area contributed by atoms with Gasteiger partial charge in [-0.15, -0.1) is 11.8 Å². The number of carbonyl (C=O) groups is 1. The van der Waals surface area contributed by atoms with E-state index in [1.54, 1.807) is 11.8 Å². The van der Waals surface area contributed by atoms with Crippen molar-refractivity contribution >= 4 is 17.7 Å². The molecule has 0 aromatic heterocycles. The average molecular weight is 251 g/mol. The van der Waals surface area contributed by atoms with Gasteiger partial charge in [0.15, 0.2) is 0 Å². The molecule has 0 saturated carbocycles. The summed E-state index contributed by atoms with van der Waals surface area (Å²) in [6, 6.07) is 8.32. The van der Waals surface area contributed by atoms with Crippen LogP contribution in [0.1, 0.15) is 30.9 Å². The van der Waals surface area contributed by atoms with Crippen LogP contribution < -0.4 is 5.32 Å². The summed E-state index contributed by atoms with van der Waals surface area (Å²) in [5, 5.41) is 2.92. The molecule has 0 radical (unpaired) electrons. The zero-order valence-corrected chi connectivity index (χ0v) is 11.5. The standard InChI is InChI=1S/C14H21NOS/c1-3-4-9-15-14(16)11-17-10-13-8-6-5-7-12(13)2/h5-8H,3-4,9-11H2,1-2H3,(H,15,16). The molecule has 0 atom stereocenters. The van der Waals surface area contributed by atoms with Crippen LogP contribution in [-0.2, 0) is 10.5 Å². The fourth-order valence-electron chi connectivity index (χ4n) is 1.48. The van der Waals surface area contributed by atoms with Crippen molar-refractivity contribution in [2.75, 3.05) is 12.3 Å². The van der Waals surface area contributed by atoms with E-state index in [0.29, 0.717) is 5.75 Å². The number of unbranched alkanes of at least 4 members (excludes halogenated alkanes) is 1. The number of amides is 1. The van der Waals surface area contributed by atoms with Crippen molar-refractivity contribution in [3.8, 4) is 0 Å². The minimum Gasteiger partial charge on any atom is -0.355 e. The SMILES string of the molecule is CCCCNC(=O)CSCc1ccccc1C. The summed E-state index contributed by atoms with van der Waals surface area (Å²) in [4.78, 5) is 11.5. The Bertz CT molecular complexity index is 352. The molecule has 1 amide bonds. The van der Waals surface area contributed by atoms with E-state index in [9.17, 15) is 4.79 Å². The van der Waals surface area contributed by atoms with Crippen LogP contribution in [-0.4, -0.2) is 18.2 Å². The molecule has 0 aliphatic rings. The summed E-state index contributed by atoms with van der Waals surface area (Å²) in [5.41, 5.74) is 2.62. The van der Waals surface area contributed by atoms with E-state index < -0.39 is 0 Å². The van der Waals surface area contributed by atoms with Gasteiger partial charge >= 0.3 is 0 Å². The van der Waals surface area contributed by atoms with E-state index in [-0.39, 0.29) is 5.91 Å². The van der Waals surface area contributed by atoms with Crippen molar-refractivity contribution in [3.63, 3.8) is 0 Å². The fourth-order valence-corrected chi connectivity index (χ4v) is 2.41. The molecule has 0 aliphatic carbocycles. The third kappa shape index (κ3) is 5.78. The van der Waals surface area contributed by atoms with Gasteiger partial charge in [0.2, 0.25) is 5.91 Å². The zero-order chi connectivity index (χ0) is 12.5. The van der Waals surface area contributed by atoms with Gasteiger partial charge in [0.1, 0.15) is 0 Å². The van der Waals surface area contributed by atoms with Gasteiger partial charge in [0, 0.05) is 12.3 Å². The minimum absolute atomic E-state index is 0.150. The molecule has 0 aliphatic heterocycles. The molecule has 0 saturated heterocycles. The molecule has 17 heavy (non-hydrogen) atoms. The van der Waals surface area contributed by atoms with E-state index in [4.69, 9.17) is 0 Å². The third-order valence-corrected chi connectivity index (χ3v) is 3.59. The highest BCUT2D eigenvalue weighted by molar-refractivity contribution is 7.99. The first-order valence-corrected chi connectivity index (χ1v) is 7.28. The molecule has 1 rings (SSSR count). The van der Waals surface area contributed by atoms with Crippen molar-refractivity contribution in [2.45, 2.75) is 32.4 Å². The third-order valence-electron chi connectivity index (χ3n) is 2.60. The number of hydrogen-bond donors (Lipinski definition) is 1. The van der Waals surface area contributed by atoms with Gasteiger partial charge in [0.25, 0.3) is 0 Å². The summed E-state index contributed by atoms with van der Waals surface area (Å²) in [5.74, 6) is 1.61. The molecule has 1 aromatic rings. The molecule has 0 spiro atoms. The van der Waals surface area contributed by atoms with Crippen LogP contribution in [0.2, 0.25) is 0 Å². The Hall–Kier alpha value is -0.960. The van der Waals surface area contributed by atoms with Gasteiger partial charge in [0.05, 0.1) is 5.75 Å². The second-order valence-electron chi connectivity index (χ2n) is 4.12. The number of hydrogen-bond acceptors (Lipinski definition) is 2. The number of thioether (sulfide) groups is 1. The van der Waals surface area contributed by atoms with E-state index in [2.05, 4.69) is 31.3 Å². The number of rotatable bonds is 7. The normalized spacial score (nSPS) is 10.2. The van der Waals surface area contributed by atoms with Crippen LogP contribution >= 0.6 is 11.8 Å². The topological polar surface area (TPSA) is 29.1 Å². The molecule has 0 fully saturated rings. The molecule has 0 heterocycles. The average Bonchev–Trinajstić information content (AvgIpc) is 2.32. The largest absolute Gasteiger partial charge is 0.355 e. The highest BCUT2D eigenvalue weighted by Crippen LogP contribution is 2.15. The first-order chi connectivity index (χ1) is 8.24. The summed E-state index contributed by atoms with van der Waals surface area (Å²) in [6.45, 7) is 5.04. The zero-order valence-electron chi connectivity index (χ0n) is 10.7. The second kappa shape index (κ2) is 8.18. The predicted molar refractivity (Wildman–Crippen MR) is 75.3 cm³/mol. The Balaban J connectivity index is 2.19. The van der Waals surface area contributed by atoms with Crippen LogP contribution in [0.15, 0.2) is 24.3 Å². The Kier molecular flexibility index (Phi) is 6.78. The van der Waals surface area contributed by atoms with Crippen LogP contribution in [0.5, 0.6) is 0 Å². The first-order valence-electron chi connectivity index (χ1n) is 6.13. The smallest absolute Gasteiger partial charge is 0.230 e. The second-order valence-corrected chi connectivity index (χ2v) is 5.11. The predicted octanol–water partition coefficient (Wildman–Crippen LogP) is 3.14. The van der Waals surface area contributed by atoms with Crippen LogP contribution in [0, 0.1) is 6.92 Å². The number of aryl methyl sites for hydroxylation is 1. The maximum Gasteiger partial charge on any atom is 0.230 e. The molecule has 2 nitrogen and oxygen atoms in total. The summed E-state index contributed by atoms with van der Waals surface area (Å²) in [6.07, 6.45) is 2.19. The van der Waals surface area contributed by atoms with Crippen molar-refractivity contribution in [2.24, 2.45) is 0 Å². The summed E-state index contributed by atoms with van der Waals surface area (Å²) < 4.78 is 0. The molecule has 1 aromatic carbocycles. The highest BCUT2D eigenvalue weighted by atomic mass is 32.2. The minimum atomic E-state index is 0.150. The Labute approximate surface area is 108 Å². The van der Waals surface area contributed by atoms with Crippen molar-refractivity contribution in [1.29, 1.82) is 0 Å². The Morgan fingerprint density at radius 3 is 2.82 bits per heavy atom. The van der Waals surface area contributed by atoms with Crippen LogP contribution in [0.3, 0.4) is 0 Å². The summed E-state index contributed by atoms with van der Waals surface area (Å²) >= 11 is 1.67. The lowest BCUT2D eigenvalue weighted by molar-refractivity contribution is -0.118. The lowest BCUT2D eigenvalue weighted by Crippen LogP contribution is -2.26. The van der Waals surface area contributed by atoms with E-state index >= 15 is 0 Å². The van der Waals surface area contributed by atoms with Gasteiger partial charge < -0.3 is 5.32 Å². The number of nitrogens with one attached hydrogen (secondary N) is 1. The monoisotopic (exact) mass is 251 g/mol. The van der Waals surface area contributed by atoms with Gasteiger partial charge in [-0.3, -0.25) is 4.79 Å². The van der Waals surface area contributed by atoms with Gasteiger partial charge in [-0.2, -0.15) is 0 Å². The quantitative estimate of drug-likeness (QED) is 0.754. The Morgan fingerprint density at radius 2 is 2.12 bits per heavy atom. The molecule has 0 bridgehead atoms. The lowest BCUT2D eigenvalue weighted by Gasteiger charge is -2.06. The van der Waals surface area contributed by atoms with Crippen molar-refractivity contribution in [1.82, 2.24) is 5.32 Å². The number of carbonyl (C=O) groups excluding carboxylic acids is 1. The van der Waals surface area contributed by atoms with Crippen molar-refractivity contribution in [3.05, 3.63) is 35.4 Å². The van der Waals surface area contributed by atoms with Crippen LogP contribution in [0.25, 0.3) is 0 Å². The van der Waals surface area contributed by atoms with E-state index in [1.807, 2.05) is 12.1 Å². The first kappa shape index (κ1) is 14.1. The van der Waals surface area contributed by atoms with Crippen LogP contribution in [0.4, 0.5) is 0 Å². The molecule has 0 unspecified atom stereocenters. The van der Waals surface area contributed by atoms with E-state index in [0.717, 1.165) is 25.1 Å². The molecular formula is C14H21NOS. The van der Waals surface area contributed by atoms with Gasteiger partial charge in [-0.1, -0.05) is 37.6 Å². The lowest BCUT2D eigenvalue weighted by atomic mass is 10.1. The maximum absolute atomic E-state index is 11.5. The maximum atomic E-state index is 11.5. The van der Waals surface area contributed by atoms with E-state index in [1.165, 1.54) is 11.1 Å². The van der Waals surface area contributed by atoms with Crippen molar-refractivity contribution < 1.29 is 4.79 Å².